The summed E-state index contributed by atoms with van der Waals surface area (Å²) in [5.74, 6) is 2.38. The van der Waals surface area contributed by atoms with Crippen molar-refractivity contribution in [1.82, 2.24) is 29.8 Å². The molecular weight excluding hydrogens is 438 g/mol. The monoisotopic (exact) mass is 463 g/mol. The standard InChI is InChI=1S/C22H25N9OS/c1-13-12-33-21(23-13)26-19(32)22(2)8-4-9-30(22)20-25-18(16-5-3-10-31(16)29-20)24-17-11-15(27-28-17)14-6-7-14/h3,5,10-12,14H,4,6-9H2,1-2H3,(H,23,26,32)(H2,24,25,27,28,29)/t22-/m0/s1. The van der Waals surface area contributed by atoms with Gasteiger partial charge in [0.15, 0.2) is 16.8 Å². The Morgan fingerprint density at radius 3 is 3.00 bits per heavy atom. The molecule has 33 heavy (non-hydrogen) atoms. The van der Waals surface area contributed by atoms with Gasteiger partial charge in [-0.05, 0) is 51.7 Å². The predicted octanol–water partition coefficient (Wildman–Crippen LogP) is 3.84. The third-order valence-corrected chi connectivity index (χ3v) is 7.33. The van der Waals surface area contributed by atoms with Gasteiger partial charge in [0.2, 0.25) is 5.95 Å². The Balaban J connectivity index is 1.32. The molecule has 0 unspecified atom stereocenters. The lowest BCUT2D eigenvalue weighted by Crippen LogP contribution is -2.51. The number of aryl methyl sites for hydroxylation is 1. The molecule has 5 heterocycles. The molecule has 2 aliphatic rings. The first kappa shape index (κ1) is 20.2. The van der Waals surface area contributed by atoms with Crippen molar-refractivity contribution in [3.05, 3.63) is 41.2 Å². The van der Waals surface area contributed by atoms with Gasteiger partial charge in [0, 0.05) is 35.8 Å². The lowest BCUT2D eigenvalue weighted by molar-refractivity contribution is -0.120. The molecule has 10 nitrogen and oxygen atoms in total. The highest BCUT2D eigenvalue weighted by molar-refractivity contribution is 7.13. The zero-order chi connectivity index (χ0) is 22.6. The highest BCUT2D eigenvalue weighted by Gasteiger charge is 2.45. The highest BCUT2D eigenvalue weighted by atomic mass is 32.1. The predicted molar refractivity (Wildman–Crippen MR) is 127 cm³/mol. The van der Waals surface area contributed by atoms with E-state index >= 15 is 0 Å². The zero-order valence-electron chi connectivity index (χ0n) is 18.5. The maximum absolute atomic E-state index is 13.3. The van der Waals surface area contributed by atoms with Gasteiger partial charge in [0.25, 0.3) is 5.91 Å². The number of aromatic amines is 1. The maximum Gasteiger partial charge on any atom is 0.251 e. The second-order valence-electron chi connectivity index (χ2n) is 8.98. The molecular formula is C22H25N9OS. The summed E-state index contributed by atoms with van der Waals surface area (Å²) >= 11 is 1.43. The van der Waals surface area contributed by atoms with Crippen LogP contribution in [0.25, 0.3) is 5.52 Å². The molecule has 1 saturated heterocycles. The minimum atomic E-state index is -0.775. The zero-order valence-corrected chi connectivity index (χ0v) is 19.3. The normalized spacial score (nSPS) is 20.5. The number of fused-ring (bicyclic) bond motifs is 1. The summed E-state index contributed by atoms with van der Waals surface area (Å²) in [6, 6.07) is 5.93. The molecule has 4 aromatic heterocycles. The summed E-state index contributed by atoms with van der Waals surface area (Å²) in [6.07, 6.45) is 5.89. The van der Waals surface area contributed by atoms with E-state index in [-0.39, 0.29) is 5.91 Å². The molecule has 3 N–H and O–H groups in total. The Morgan fingerprint density at radius 1 is 1.33 bits per heavy atom. The van der Waals surface area contributed by atoms with Crippen LogP contribution >= 0.6 is 11.3 Å². The van der Waals surface area contributed by atoms with Crippen LogP contribution in [0.15, 0.2) is 29.8 Å². The van der Waals surface area contributed by atoms with Gasteiger partial charge >= 0.3 is 0 Å². The van der Waals surface area contributed by atoms with Crippen LogP contribution in [0.2, 0.25) is 0 Å². The van der Waals surface area contributed by atoms with Crippen molar-refractivity contribution in [2.45, 2.75) is 51.0 Å². The molecule has 1 atom stereocenters. The number of aromatic nitrogens is 6. The first-order valence-corrected chi connectivity index (χ1v) is 12.1. The molecule has 1 aliphatic heterocycles. The summed E-state index contributed by atoms with van der Waals surface area (Å²) in [5, 5.41) is 21.1. The maximum atomic E-state index is 13.3. The molecule has 0 bridgehead atoms. The molecule has 4 aromatic rings. The Labute approximate surface area is 194 Å². The van der Waals surface area contributed by atoms with E-state index in [0.717, 1.165) is 29.1 Å². The van der Waals surface area contributed by atoms with Gasteiger partial charge < -0.3 is 10.2 Å². The van der Waals surface area contributed by atoms with Crippen molar-refractivity contribution in [3.63, 3.8) is 0 Å². The molecule has 170 valence electrons. The van der Waals surface area contributed by atoms with Gasteiger partial charge in [-0.25, -0.2) is 9.50 Å². The minimum Gasteiger partial charge on any atom is -0.325 e. The fourth-order valence-corrected chi connectivity index (χ4v) is 5.10. The van der Waals surface area contributed by atoms with Crippen LogP contribution in [0.1, 0.15) is 49.9 Å². The third kappa shape index (κ3) is 3.62. The molecule has 0 aromatic carbocycles. The highest BCUT2D eigenvalue weighted by Crippen LogP contribution is 2.40. The number of nitrogens with zero attached hydrogens (tertiary/aromatic N) is 6. The van der Waals surface area contributed by atoms with Crippen molar-refractivity contribution in [2.24, 2.45) is 0 Å². The van der Waals surface area contributed by atoms with Crippen LogP contribution in [0, 0.1) is 6.92 Å². The first-order chi connectivity index (χ1) is 16.0. The van der Waals surface area contributed by atoms with E-state index in [1.807, 2.05) is 48.5 Å². The fourth-order valence-electron chi connectivity index (χ4n) is 4.42. The van der Waals surface area contributed by atoms with Gasteiger partial charge in [-0.1, -0.05) is 0 Å². The van der Waals surface area contributed by atoms with Crippen molar-refractivity contribution >= 4 is 45.5 Å². The van der Waals surface area contributed by atoms with Gasteiger partial charge in [0.05, 0.1) is 5.69 Å². The number of rotatable bonds is 6. The van der Waals surface area contributed by atoms with Gasteiger partial charge in [-0.2, -0.15) is 10.1 Å². The molecule has 1 aliphatic carbocycles. The minimum absolute atomic E-state index is 0.0959. The summed E-state index contributed by atoms with van der Waals surface area (Å²) in [4.78, 5) is 24.5. The molecule has 2 fully saturated rings. The average molecular weight is 464 g/mol. The van der Waals surface area contributed by atoms with E-state index in [1.54, 1.807) is 4.52 Å². The molecule has 0 spiro atoms. The second kappa shape index (κ2) is 7.55. The number of H-pyrrole nitrogens is 1. The number of hydrogen-bond donors (Lipinski definition) is 3. The number of amides is 1. The molecule has 6 rings (SSSR count). The van der Waals surface area contributed by atoms with Crippen LogP contribution in [-0.2, 0) is 4.79 Å². The molecule has 11 heteroatoms. The first-order valence-electron chi connectivity index (χ1n) is 11.2. The largest absolute Gasteiger partial charge is 0.325 e. The number of thiazole rings is 1. The Morgan fingerprint density at radius 2 is 2.21 bits per heavy atom. The smallest absolute Gasteiger partial charge is 0.251 e. The summed E-state index contributed by atoms with van der Waals surface area (Å²) in [5.41, 5.74) is 2.12. The van der Waals surface area contributed by atoms with Crippen LogP contribution in [0.5, 0.6) is 0 Å². The lowest BCUT2D eigenvalue weighted by atomic mass is 9.98. The Hall–Kier alpha value is -3.47. The molecule has 1 amide bonds. The van der Waals surface area contributed by atoms with Crippen LogP contribution in [0.4, 0.5) is 22.7 Å². The Kier molecular flexibility index (Phi) is 4.61. The fraction of sp³-hybridized carbons (Fsp3) is 0.409. The van der Waals surface area contributed by atoms with E-state index in [1.165, 1.54) is 24.2 Å². The van der Waals surface area contributed by atoms with Crippen molar-refractivity contribution in [3.8, 4) is 0 Å². The number of carbonyl (C=O) groups excluding carboxylic acids is 1. The van der Waals surface area contributed by atoms with E-state index in [2.05, 4.69) is 25.8 Å². The van der Waals surface area contributed by atoms with Crippen LogP contribution < -0.4 is 15.5 Å². The van der Waals surface area contributed by atoms with Crippen molar-refractivity contribution < 1.29 is 4.79 Å². The summed E-state index contributed by atoms with van der Waals surface area (Å²) in [7, 11) is 0. The quantitative estimate of drug-likeness (QED) is 0.398. The molecule has 1 saturated carbocycles. The van der Waals surface area contributed by atoms with Gasteiger partial charge in [-0.15, -0.1) is 16.4 Å². The number of anilines is 4. The molecule has 0 radical (unpaired) electrons. The number of nitrogens with one attached hydrogen (secondary N) is 3. The average Bonchev–Trinajstić information content (AvgIpc) is 3.17. The second-order valence-corrected chi connectivity index (χ2v) is 9.84. The van der Waals surface area contributed by atoms with E-state index in [9.17, 15) is 4.79 Å². The lowest BCUT2D eigenvalue weighted by Gasteiger charge is -2.33. The van der Waals surface area contributed by atoms with E-state index in [4.69, 9.17) is 10.1 Å². The van der Waals surface area contributed by atoms with Crippen molar-refractivity contribution in [1.29, 1.82) is 0 Å². The third-order valence-electron chi connectivity index (χ3n) is 6.45. The van der Waals surface area contributed by atoms with Crippen LogP contribution in [0.3, 0.4) is 0 Å². The Bertz CT molecular complexity index is 1340. The number of carbonyl (C=O) groups is 1. The van der Waals surface area contributed by atoms with Crippen LogP contribution in [-0.4, -0.2) is 47.8 Å². The van der Waals surface area contributed by atoms with E-state index < -0.39 is 5.54 Å². The van der Waals surface area contributed by atoms with E-state index in [0.29, 0.717) is 35.8 Å². The van der Waals surface area contributed by atoms with Gasteiger partial charge in [0.1, 0.15) is 11.1 Å². The summed E-state index contributed by atoms with van der Waals surface area (Å²) < 4.78 is 1.79. The summed E-state index contributed by atoms with van der Waals surface area (Å²) in [6.45, 7) is 4.56. The number of hydrogen-bond acceptors (Lipinski definition) is 8. The SMILES string of the molecule is Cc1csc(NC(=O)[C@]2(C)CCCN2c2nc(Nc3cc(C4CC4)[nH]n3)c3cccn3n2)n1. The topological polar surface area (TPSA) is 116 Å². The van der Waals surface area contributed by atoms with Gasteiger partial charge in [-0.3, -0.25) is 15.2 Å². The van der Waals surface area contributed by atoms with Crippen molar-refractivity contribution in [2.75, 3.05) is 22.1 Å².